The van der Waals surface area contributed by atoms with Crippen LogP contribution in [0.1, 0.15) is 22.7 Å². The van der Waals surface area contributed by atoms with Crippen LogP contribution in [-0.2, 0) is 13.5 Å². The average Bonchev–Trinajstić information content (AvgIpc) is 3.33. The first-order valence-electron chi connectivity index (χ1n) is 11.5. The quantitative estimate of drug-likeness (QED) is 0.422. The Hall–Kier alpha value is -4.22. The van der Waals surface area contributed by atoms with Crippen LogP contribution in [0.15, 0.2) is 73.2 Å². The lowest BCUT2D eigenvalue weighted by Crippen LogP contribution is -2.43. The number of benzene rings is 2. The third-order valence-corrected chi connectivity index (χ3v) is 6.11. The number of pyridine rings is 1. The Morgan fingerprint density at radius 2 is 2.06 bits per heavy atom. The lowest BCUT2D eigenvalue weighted by Gasteiger charge is -2.33. The number of halogens is 1. The number of fused-ring (bicyclic) bond motifs is 1. The van der Waals surface area contributed by atoms with Crippen molar-refractivity contribution in [2.24, 2.45) is 7.05 Å². The highest BCUT2D eigenvalue weighted by Crippen LogP contribution is 2.34. The SMILES string of the molecule is Cn1cc(-c2cnc3c(c2)NC[C@@H]([C@H](NCCc2ccc(C#N)c(F)c2)c2ccccc2)O3)cn1. The fourth-order valence-corrected chi connectivity index (χ4v) is 4.28. The molecule has 0 unspecified atom stereocenters. The van der Waals surface area contributed by atoms with Crippen molar-refractivity contribution in [2.45, 2.75) is 18.6 Å². The summed E-state index contributed by atoms with van der Waals surface area (Å²) in [5.41, 5.74) is 4.80. The molecule has 0 bridgehead atoms. The van der Waals surface area contributed by atoms with E-state index in [1.165, 1.54) is 12.1 Å². The number of hydrogen-bond donors (Lipinski definition) is 2. The van der Waals surface area contributed by atoms with Crippen LogP contribution in [0.3, 0.4) is 0 Å². The second-order valence-electron chi connectivity index (χ2n) is 8.54. The lowest BCUT2D eigenvalue weighted by atomic mass is 9.99. The van der Waals surface area contributed by atoms with E-state index in [-0.39, 0.29) is 17.7 Å². The maximum absolute atomic E-state index is 14.0. The molecule has 0 aliphatic carbocycles. The number of nitrogens with zero attached hydrogens (tertiary/aromatic N) is 4. The van der Waals surface area contributed by atoms with E-state index in [9.17, 15) is 4.39 Å². The monoisotopic (exact) mass is 468 g/mol. The van der Waals surface area contributed by atoms with Gasteiger partial charge < -0.3 is 15.4 Å². The molecule has 0 saturated carbocycles. The van der Waals surface area contributed by atoms with Crippen molar-refractivity contribution in [3.63, 3.8) is 0 Å². The van der Waals surface area contributed by atoms with Crippen molar-refractivity contribution < 1.29 is 9.13 Å². The van der Waals surface area contributed by atoms with Gasteiger partial charge in [-0.25, -0.2) is 9.37 Å². The minimum absolute atomic E-state index is 0.0587. The molecular weight excluding hydrogens is 443 g/mol. The van der Waals surface area contributed by atoms with Crippen molar-refractivity contribution in [1.82, 2.24) is 20.1 Å². The first-order chi connectivity index (χ1) is 17.1. The molecule has 2 N–H and O–H groups in total. The van der Waals surface area contributed by atoms with Gasteiger partial charge in [0, 0.05) is 30.6 Å². The van der Waals surface area contributed by atoms with Crippen LogP contribution in [0.5, 0.6) is 5.88 Å². The predicted molar refractivity (Wildman–Crippen MR) is 131 cm³/mol. The molecule has 35 heavy (non-hydrogen) atoms. The van der Waals surface area contributed by atoms with E-state index >= 15 is 0 Å². The zero-order valence-corrected chi connectivity index (χ0v) is 19.3. The van der Waals surface area contributed by atoms with Crippen LogP contribution in [0, 0.1) is 17.1 Å². The number of nitrogens with one attached hydrogen (secondary N) is 2. The Morgan fingerprint density at radius 1 is 1.20 bits per heavy atom. The highest BCUT2D eigenvalue weighted by Gasteiger charge is 2.29. The first-order valence-corrected chi connectivity index (χ1v) is 11.5. The lowest BCUT2D eigenvalue weighted by molar-refractivity contribution is 0.150. The Morgan fingerprint density at radius 3 is 2.80 bits per heavy atom. The molecule has 0 amide bonds. The van der Waals surface area contributed by atoms with Crippen molar-refractivity contribution >= 4 is 5.69 Å². The summed E-state index contributed by atoms with van der Waals surface area (Å²) in [6, 6.07) is 18.7. The Balaban J connectivity index is 1.31. The fraction of sp³-hybridized carbons (Fsp3) is 0.222. The van der Waals surface area contributed by atoms with E-state index in [0.717, 1.165) is 27.9 Å². The molecule has 0 spiro atoms. The molecule has 5 rings (SSSR count). The van der Waals surface area contributed by atoms with Crippen LogP contribution in [0.2, 0.25) is 0 Å². The minimum Gasteiger partial charge on any atom is -0.469 e. The van der Waals surface area contributed by atoms with E-state index in [1.807, 2.05) is 49.8 Å². The summed E-state index contributed by atoms with van der Waals surface area (Å²) >= 11 is 0. The molecule has 0 radical (unpaired) electrons. The molecule has 0 fully saturated rings. The van der Waals surface area contributed by atoms with Crippen LogP contribution in [-0.4, -0.2) is 34.0 Å². The molecule has 7 nitrogen and oxygen atoms in total. The number of rotatable bonds is 7. The van der Waals surface area contributed by atoms with Gasteiger partial charge in [-0.3, -0.25) is 4.68 Å². The maximum atomic E-state index is 14.0. The summed E-state index contributed by atoms with van der Waals surface area (Å²) in [5, 5.41) is 20.2. The summed E-state index contributed by atoms with van der Waals surface area (Å²) < 4.78 is 22.1. The van der Waals surface area contributed by atoms with E-state index in [2.05, 4.69) is 32.8 Å². The molecule has 1 aliphatic heterocycles. The number of hydrogen-bond acceptors (Lipinski definition) is 6. The summed E-state index contributed by atoms with van der Waals surface area (Å²) in [4.78, 5) is 4.57. The molecule has 2 atom stereocenters. The van der Waals surface area contributed by atoms with Gasteiger partial charge in [0.2, 0.25) is 5.88 Å². The number of ether oxygens (including phenoxy) is 1. The van der Waals surface area contributed by atoms with Gasteiger partial charge in [-0.1, -0.05) is 36.4 Å². The maximum Gasteiger partial charge on any atom is 0.237 e. The zero-order chi connectivity index (χ0) is 24.2. The second kappa shape index (κ2) is 9.95. The fourth-order valence-electron chi connectivity index (χ4n) is 4.28. The molecule has 3 heterocycles. The van der Waals surface area contributed by atoms with Crippen molar-refractivity contribution in [3.05, 3.63) is 95.7 Å². The third kappa shape index (κ3) is 5.00. The van der Waals surface area contributed by atoms with Gasteiger partial charge in [0.15, 0.2) is 0 Å². The molecule has 176 valence electrons. The number of aromatic nitrogens is 3. The van der Waals surface area contributed by atoms with E-state index < -0.39 is 5.82 Å². The molecule has 0 saturated heterocycles. The van der Waals surface area contributed by atoms with Gasteiger partial charge in [-0.15, -0.1) is 0 Å². The number of aryl methyl sites for hydroxylation is 1. The number of nitriles is 1. The first kappa shape index (κ1) is 22.6. The zero-order valence-electron chi connectivity index (χ0n) is 19.3. The Labute approximate surface area is 203 Å². The molecular formula is C27H25FN6O. The summed E-state index contributed by atoms with van der Waals surface area (Å²) in [7, 11) is 1.88. The molecule has 8 heteroatoms. The van der Waals surface area contributed by atoms with Crippen LogP contribution in [0.25, 0.3) is 11.1 Å². The normalized spacial score (nSPS) is 15.4. The standard InChI is InChI=1S/C27H25FN6O/c1-34-17-22(15-33-34)21-12-24-27(32-14-21)35-25(16-31-24)26(19-5-3-2-4-6-19)30-10-9-18-7-8-20(13-29)23(28)11-18/h2-8,11-12,14-15,17,25-26,30-31H,9-10,16H2,1H3/t25-,26+/m0/s1. The topological polar surface area (TPSA) is 87.8 Å². The largest absolute Gasteiger partial charge is 0.469 e. The van der Waals surface area contributed by atoms with E-state index in [0.29, 0.717) is 25.4 Å². The van der Waals surface area contributed by atoms with Gasteiger partial charge in [-0.2, -0.15) is 10.4 Å². The van der Waals surface area contributed by atoms with Gasteiger partial charge in [0.25, 0.3) is 0 Å². The predicted octanol–water partition coefficient (Wildman–Crippen LogP) is 4.24. The highest BCUT2D eigenvalue weighted by molar-refractivity contribution is 5.69. The van der Waals surface area contributed by atoms with Crippen molar-refractivity contribution in [3.8, 4) is 23.1 Å². The molecule has 2 aromatic heterocycles. The summed E-state index contributed by atoms with van der Waals surface area (Å²) in [6.45, 7) is 1.22. The van der Waals surface area contributed by atoms with Gasteiger partial charge in [-0.05, 0) is 42.3 Å². The van der Waals surface area contributed by atoms with Crippen molar-refractivity contribution in [2.75, 3.05) is 18.4 Å². The molecule has 2 aromatic carbocycles. The van der Waals surface area contributed by atoms with Crippen LogP contribution in [0.4, 0.5) is 10.1 Å². The summed E-state index contributed by atoms with van der Waals surface area (Å²) in [6.07, 6.45) is 5.98. The Kier molecular flexibility index (Phi) is 6.42. The molecule has 4 aromatic rings. The van der Waals surface area contributed by atoms with Crippen LogP contribution < -0.4 is 15.4 Å². The number of anilines is 1. The van der Waals surface area contributed by atoms with Crippen molar-refractivity contribution in [1.29, 1.82) is 5.26 Å². The Bertz CT molecular complexity index is 1360. The van der Waals surface area contributed by atoms with E-state index in [4.69, 9.17) is 10.00 Å². The highest BCUT2D eigenvalue weighted by atomic mass is 19.1. The van der Waals surface area contributed by atoms with Crippen LogP contribution >= 0.6 is 0 Å². The van der Waals surface area contributed by atoms with Gasteiger partial charge in [0.05, 0.1) is 30.0 Å². The summed E-state index contributed by atoms with van der Waals surface area (Å²) in [5.74, 6) is 0.0727. The van der Waals surface area contributed by atoms with E-state index in [1.54, 1.807) is 16.9 Å². The molecule has 1 aliphatic rings. The van der Waals surface area contributed by atoms with Gasteiger partial charge in [0.1, 0.15) is 18.0 Å². The van der Waals surface area contributed by atoms with Gasteiger partial charge >= 0.3 is 0 Å². The smallest absolute Gasteiger partial charge is 0.237 e. The second-order valence-corrected chi connectivity index (χ2v) is 8.54. The third-order valence-electron chi connectivity index (χ3n) is 6.11. The minimum atomic E-state index is -0.488. The average molecular weight is 469 g/mol.